The molecule has 1 aliphatic carbocycles. The van der Waals surface area contributed by atoms with Crippen molar-refractivity contribution in [1.82, 2.24) is 15.1 Å². The normalized spacial score (nSPS) is 26.4. The highest BCUT2D eigenvalue weighted by molar-refractivity contribution is 5.11. The minimum atomic E-state index is 0.683. The van der Waals surface area contributed by atoms with Gasteiger partial charge in [0, 0.05) is 24.4 Å². The molecule has 1 fully saturated rings. The Labute approximate surface area is 130 Å². The molecule has 2 rings (SSSR count). The van der Waals surface area contributed by atoms with Gasteiger partial charge in [0.05, 0.1) is 0 Å². The van der Waals surface area contributed by atoms with Crippen LogP contribution in [0.1, 0.15) is 65.0 Å². The second kappa shape index (κ2) is 7.98. The zero-order valence-electron chi connectivity index (χ0n) is 14.3. The second-order valence-electron chi connectivity index (χ2n) is 7.32. The summed E-state index contributed by atoms with van der Waals surface area (Å²) in [6.45, 7) is 12.6. The summed E-state index contributed by atoms with van der Waals surface area (Å²) in [5, 5.41) is 8.23. The summed E-state index contributed by atoms with van der Waals surface area (Å²) in [4.78, 5) is 0. The van der Waals surface area contributed by atoms with Gasteiger partial charge in [0.2, 0.25) is 0 Å². The maximum atomic E-state index is 4.55. The molecular formula is C18H33N3. The molecule has 0 bridgehead atoms. The smallest absolute Gasteiger partial charge is 0.0492 e. The Hall–Kier alpha value is -0.830. The van der Waals surface area contributed by atoms with Gasteiger partial charge in [-0.3, -0.25) is 4.68 Å². The molecule has 0 aliphatic heterocycles. The molecule has 1 aromatic rings. The molecule has 1 aliphatic rings. The Morgan fingerprint density at radius 1 is 1.38 bits per heavy atom. The van der Waals surface area contributed by atoms with Crippen molar-refractivity contribution in [3.63, 3.8) is 0 Å². The summed E-state index contributed by atoms with van der Waals surface area (Å²) in [6, 6.07) is 2.26. The number of aromatic nitrogens is 2. The van der Waals surface area contributed by atoms with Crippen LogP contribution in [-0.4, -0.2) is 22.9 Å². The second-order valence-corrected chi connectivity index (χ2v) is 7.32. The summed E-state index contributed by atoms with van der Waals surface area (Å²) in [7, 11) is 0. The van der Waals surface area contributed by atoms with E-state index in [1.54, 1.807) is 0 Å². The summed E-state index contributed by atoms with van der Waals surface area (Å²) in [5.41, 5.74) is 1.47. The quantitative estimate of drug-likeness (QED) is 0.821. The van der Waals surface area contributed by atoms with Gasteiger partial charge in [0.15, 0.2) is 0 Å². The monoisotopic (exact) mass is 291 g/mol. The van der Waals surface area contributed by atoms with E-state index in [0.717, 1.165) is 43.8 Å². The maximum absolute atomic E-state index is 4.55. The molecule has 21 heavy (non-hydrogen) atoms. The van der Waals surface area contributed by atoms with Gasteiger partial charge >= 0.3 is 0 Å². The fourth-order valence-corrected chi connectivity index (χ4v) is 3.66. The summed E-state index contributed by atoms with van der Waals surface area (Å²) in [5.74, 6) is 3.03. The zero-order chi connectivity index (χ0) is 15.2. The number of aryl methyl sites for hydroxylation is 1. The van der Waals surface area contributed by atoms with Gasteiger partial charge in [0.1, 0.15) is 0 Å². The van der Waals surface area contributed by atoms with Crippen LogP contribution in [0.2, 0.25) is 0 Å². The Bertz CT molecular complexity index is 410. The molecule has 1 aromatic heterocycles. The van der Waals surface area contributed by atoms with E-state index in [2.05, 4.69) is 48.9 Å². The fraction of sp³-hybridized carbons (Fsp3) is 0.833. The predicted octanol–water partition coefficient (Wildman–Crippen LogP) is 4.06. The van der Waals surface area contributed by atoms with Crippen LogP contribution in [0.15, 0.2) is 12.3 Å². The van der Waals surface area contributed by atoms with Gasteiger partial charge in [-0.2, -0.15) is 5.10 Å². The molecule has 1 N–H and O–H groups in total. The van der Waals surface area contributed by atoms with Crippen molar-refractivity contribution in [1.29, 1.82) is 0 Å². The van der Waals surface area contributed by atoms with Crippen LogP contribution in [0.25, 0.3) is 0 Å². The number of hydrogen-bond acceptors (Lipinski definition) is 2. The third kappa shape index (κ3) is 4.57. The van der Waals surface area contributed by atoms with Crippen molar-refractivity contribution < 1.29 is 0 Å². The van der Waals surface area contributed by atoms with Crippen molar-refractivity contribution in [2.45, 2.75) is 65.8 Å². The van der Waals surface area contributed by atoms with Crippen LogP contribution >= 0.6 is 0 Å². The third-order valence-corrected chi connectivity index (χ3v) is 4.78. The molecular weight excluding hydrogens is 258 g/mol. The van der Waals surface area contributed by atoms with E-state index in [0.29, 0.717) is 5.92 Å². The standard InChI is InChI=1S/C18H33N3/c1-5-10-21-18(8-9-20-21)17-11-15(4)6-7-16(17)13-19-12-14(2)3/h8-9,14-17,19H,5-7,10-13H2,1-4H3. The van der Waals surface area contributed by atoms with Gasteiger partial charge in [-0.05, 0) is 56.2 Å². The highest BCUT2D eigenvalue weighted by Crippen LogP contribution is 2.40. The summed E-state index contributed by atoms with van der Waals surface area (Å²) < 4.78 is 2.25. The molecule has 3 heteroatoms. The average Bonchev–Trinajstić information content (AvgIpc) is 2.88. The van der Waals surface area contributed by atoms with Crippen molar-refractivity contribution in [2.24, 2.45) is 17.8 Å². The SMILES string of the molecule is CCCn1nccc1C1CC(C)CCC1CNCC(C)C. The van der Waals surface area contributed by atoms with Crippen molar-refractivity contribution in [2.75, 3.05) is 13.1 Å². The molecule has 1 heterocycles. The van der Waals surface area contributed by atoms with Gasteiger partial charge in [-0.25, -0.2) is 0 Å². The molecule has 0 spiro atoms. The fourth-order valence-electron chi connectivity index (χ4n) is 3.66. The van der Waals surface area contributed by atoms with E-state index in [9.17, 15) is 0 Å². The minimum Gasteiger partial charge on any atom is -0.316 e. The first kappa shape index (κ1) is 16.5. The third-order valence-electron chi connectivity index (χ3n) is 4.78. The molecule has 0 saturated heterocycles. The Balaban J connectivity index is 2.05. The average molecular weight is 291 g/mol. The number of nitrogens with zero attached hydrogens (tertiary/aromatic N) is 2. The van der Waals surface area contributed by atoms with Crippen LogP contribution in [0.3, 0.4) is 0 Å². The predicted molar refractivity (Wildman–Crippen MR) is 89.5 cm³/mol. The van der Waals surface area contributed by atoms with Crippen LogP contribution in [0.4, 0.5) is 0 Å². The van der Waals surface area contributed by atoms with E-state index in [4.69, 9.17) is 0 Å². The first-order valence-electron chi connectivity index (χ1n) is 8.84. The zero-order valence-corrected chi connectivity index (χ0v) is 14.3. The number of rotatable bonds is 7. The lowest BCUT2D eigenvalue weighted by Crippen LogP contribution is -2.34. The van der Waals surface area contributed by atoms with E-state index in [1.165, 1.54) is 25.0 Å². The van der Waals surface area contributed by atoms with Crippen molar-refractivity contribution in [3.05, 3.63) is 18.0 Å². The lowest BCUT2D eigenvalue weighted by atomic mass is 9.73. The minimum absolute atomic E-state index is 0.683. The van der Waals surface area contributed by atoms with Crippen LogP contribution in [-0.2, 0) is 6.54 Å². The first-order chi connectivity index (χ1) is 10.1. The van der Waals surface area contributed by atoms with Gasteiger partial charge in [0.25, 0.3) is 0 Å². The summed E-state index contributed by atoms with van der Waals surface area (Å²) in [6.07, 6.45) is 7.21. The van der Waals surface area contributed by atoms with Gasteiger partial charge in [-0.15, -0.1) is 0 Å². The molecule has 0 radical (unpaired) electrons. The highest BCUT2D eigenvalue weighted by atomic mass is 15.3. The number of nitrogens with one attached hydrogen (secondary N) is 1. The topological polar surface area (TPSA) is 29.9 Å². The van der Waals surface area contributed by atoms with Crippen LogP contribution < -0.4 is 5.32 Å². The highest BCUT2D eigenvalue weighted by Gasteiger charge is 2.31. The van der Waals surface area contributed by atoms with E-state index in [-0.39, 0.29) is 0 Å². The van der Waals surface area contributed by atoms with E-state index >= 15 is 0 Å². The van der Waals surface area contributed by atoms with E-state index in [1.807, 2.05) is 6.20 Å². The Kier molecular flexibility index (Phi) is 6.28. The molecule has 3 atom stereocenters. The molecule has 1 saturated carbocycles. The van der Waals surface area contributed by atoms with Crippen molar-refractivity contribution >= 4 is 0 Å². The lowest BCUT2D eigenvalue weighted by molar-refractivity contribution is 0.231. The summed E-state index contributed by atoms with van der Waals surface area (Å²) >= 11 is 0. The van der Waals surface area contributed by atoms with Crippen LogP contribution in [0.5, 0.6) is 0 Å². The lowest BCUT2D eigenvalue weighted by Gasteiger charge is -2.35. The van der Waals surface area contributed by atoms with Crippen molar-refractivity contribution in [3.8, 4) is 0 Å². The van der Waals surface area contributed by atoms with Gasteiger partial charge < -0.3 is 5.32 Å². The molecule has 3 nitrogen and oxygen atoms in total. The Morgan fingerprint density at radius 2 is 2.19 bits per heavy atom. The van der Waals surface area contributed by atoms with Crippen LogP contribution in [0, 0.1) is 17.8 Å². The van der Waals surface area contributed by atoms with Gasteiger partial charge in [-0.1, -0.05) is 34.1 Å². The molecule has 120 valence electrons. The maximum Gasteiger partial charge on any atom is 0.0492 e. The molecule has 0 amide bonds. The molecule has 0 aromatic carbocycles. The van der Waals surface area contributed by atoms with E-state index < -0.39 is 0 Å². The first-order valence-corrected chi connectivity index (χ1v) is 8.84. The number of hydrogen-bond donors (Lipinski definition) is 1. The molecule has 3 unspecified atom stereocenters. The Morgan fingerprint density at radius 3 is 2.90 bits per heavy atom. The largest absolute Gasteiger partial charge is 0.316 e.